The van der Waals surface area contributed by atoms with Crippen LogP contribution in [0.3, 0.4) is 0 Å². The lowest BCUT2D eigenvalue weighted by atomic mass is 10.2. The molecule has 0 aliphatic heterocycles. The molecular formula is C16H12BrN3O2S. The summed E-state index contributed by atoms with van der Waals surface area (Å²) in [6.07, 6.45) is 0. The van der Waals surface area contributed by atoms with Gasteiger partial charge in [0.25, 0.3) is 5.91 Å². The largest absolute Gasteiger partial charge is 0.326 e. The number of hydrogen-bond acceptors (Lipinski definition) is 4. The molecule has 1 aromatic heterocycles. The minimum Gasteiger partial charge on any atom is -0.326 e. The van der Waals surface area contributed by atoms with Gasteiger partial charge in [0, 0.05) is 22.6 Å². The highest BCUT2D eigenvalue weighted by Crippen LogP contribution is 2.28. The zero-order valence-corrected chi connectivity index (χ0v) is 14.5. The third-order valence-electron chi connectivity index (χ3n) is 3.02. The van der Waals surface area contributed by atoms with E-state index in [1.165, 1.54) is 18.3 Å². The molecule has 2 N–H and O–H groups in total. The highest BCUT2D eigenvalue weighted by atomic mass is 79.9. The van der Waals surface area contributed by atoms with Crippen LogP contribution < -0.4 is 10.6 Å². The van der Waals surface area contributed by atoms with Crippen LogP contribution in [0.1, 0.15) is 17.3 Å². The van der Waals surface area contributed by atoms with Gasteiger partial charge in [-0.05, 0) is 36.4 Å². The van der Waals surface area contributed by atoms with Crippen molar-refractivity contribution in [2.45, 2.75) is 6.92 Å². The van der Waals surface area contributed by atoms with Crippen molar-refractivity contribution in [2.24, 2.45) is 0 Å². The minimum atomic E-state index is -0.215. The van der Waals surface area contributed by atoms with Crippen LogP contribution in [0.5, 0.6) is 0 Å². The fourth-order valence-electron chi connectivity index (χ4n) is 2.06. The molecule has 0 aliphatic rings. The quantitative estimate of drug-likeness (QED) is 0.702. The average molecular weight is 390 g/mol. The van der Waals surface area contributed by atoms with Gasteiger partial charge in [-0.2, -0.15) is 0 Å². The molecule has 3 rings (SSSR count). The number of carbonyl (C=O) groups excluding carboxylic acids is 2. The van der Waals surface area contributed by atoms with Crippen molar-refractivity contribution in [3.8, 4) is 0 Å². The van der Waals surface area contributed by atoms with Gasteiger partial charge in [-0.15, -0.1) is 0 Å². The molecule has 2 amide bonds. The normalized spacial score (nSPS) is 10.5. The van der Waals surface area contributed by atoms with Gasteiger partial charge in [-0.3, -0.25) is 14.9 Å². The Kier molecular flexibility index (Phi) is 4.40. The molecule has 0 atom stereocenters. The van der Waals surface area contributed by atoms with Gasteiger partial charge >= 0.3 is 0 Å². The maximum absolute atomic E-state index is 12.2. The lowest BCUT2D eigenvalue weighted by Gasteiger charge is -2.01. The molecule has 0 aliphatic carbocycles. The highest BCUT2D eigenvalue weighted by molar-refractivity contribution is 9.10. The molecule has 0 radical (unpaired) electrons. The Morgan fingerprint density at radius 2 is 1.96 bits per heavy atom. The molecule has 116 valence electrons. The molecule has 0 saturated heterocycles. The lowest BCUT2D eigenvalue weighted by molar-refractivity contribution is -0.114. The second-order valence-corrected chi connectivity index (χ2v) is 6.79. The van der Waals surface area contributed by atoms with E-state index in [2.05, 4.69) is 31.5 Å². The molecule has 5 nitrogen and oxygen atoms in total. The Balaban J connectivity index is 1.83. The van der Waals surface area contributed by atoms with E-state index in [0.29, 0.717) is 16.4 Å². The summed E-state index contributed by atoms with van der Waals surface area (Å²) >= 11 is 4.70. The molecule has 0 bridgehead atoms. The number of carbonyl (C=O) groups is 2. The maximum Gasteiger partial charge on any atom is 0.257 e. The molecule has 3 aromatic rings. The van der Waals surface area contributed by atoms with Gasteiger partial charge < -0.3 is 5.32 Å². The van der Waals surface area contributed by atoms with E-state index in [1.807, 2.05) is 18.2 Å². The molecule has 0 unspecified atom stereocenters. The summed E-state index contributed by atoms with van der Waals surface area (Å²) < 4.78 is 1.73. The van der Waals surface area contributed by atoms with E-state index < -0.39 is 0 Å². The number of nitrogens with one attached hydrogen (secondary N) is 2. The van der Waals surface area contributed by atoms with Gasteiger partial charge in [-0.25, -0.2) is 4.98 Å². The summed E-state index contributed by atoms with van der Waals surface area (Å²) in [5.41, 5.74) is 2.03. The molecule has 0 spiro atoms. The van der Waals surface area contributed by atoms with Crippen molar-refractivity contribution in [3.63, 3.8) is 0 Å². The summed E-state index contributed by atoms with van der Waals surface area (Å²) in [6, 6.07) is 12.6. The first-order valence-corrected chi connectivity index (χ1v) is 8.37. The molecule has 0 fully saturated rings. The zero-order valence-electron chi connectivity index (χ0n) is 12.1. The van der Waals surface area contributed by atoms with E-state index in [1.54, 1.807) is 24.3 Å². The summed E-state index contributed by atoms with van der Waals surface area (Å²) in [5, 5.41) is 6.04. The number of thiazole rings is 1. The van der Waals surface area contributed by atoms with Crippen molar-refractivity contribution >= 4 is 60.1 Å². The first-order valence-electron chi connectivity index (χ1n) is 6.76. The van der Waals surface area contributed by atoms with Crippen LogP contribution in [0.2, 0.25) is 0 Å². The van der Waals surface area contributed by atoms with Crippen LogP contribution >= 0.6 is 27.3 Å². The summed E-state index contributed by atoms with van der Waals surface area (Å²) in [4.78, 5) is 27.7. The first kappa shape index (κ1) is 15.6. The van der Waals surface area contributed by atoms with E-state index >= 15 is 0 Å². The topological polar surface area (TPSA) is 71.1 Å². The van der Waals surface area contributed by atoms with E-state index in [-0.39, 0.29) is 11.8 Å². The number of benzene rings is 2. The number of amides is 2. The third kappa shape index (κ3) is 3.75. The van der Waals surface area contributed by atoms with Crippen LogP contribution in [0.25, 0.3) is 10.2 Å². The molecule has 23 heavy (non-hydrogen) atoms. The Morgan fingerprint density at radius 1 is 1.13 bits per heavy atom. The fraction of sp³-hybridized carbons (Fsp3) is 0.0625. The van der Waals surface area contributed by atoms with Crippen molar-refractivity contribution in [1.29, 1.82) is 0 Å². The Bertz CT molecular complexity index is 907. The number of fused-ring (bicyclic) bond motifs is 1. The van der Waals surface area contributed by atoms with Crippen LogP contribution in [0.15, 0.2) is 46.9 Å². The zero-order chi connectivity index (χ0) is 16.4. The fourth-order valence-corrected chi connectivity index (χ4v) is 3.36. The monoisotopic (exact) mass is 389 g/mol. The van der Waals surface area contributed by atoms with Crippen molar-refractivity contribution < 1.29 is 9.59 Å². The van der Waals surface area contributed by atoms with Crippen LogP contribution in [-0.2, 0) is 4.79 Å². The molecule has 2 aromatic carbocycles. The minimum absolute atomic E-state index is 0.128. The van der Waals surface area contributed by atoms with Gasteiger partial charge in [0.1, 0.15) is 0 Å². The Hall–Kier alpha value is -2.25. The smallest absolute Gasteiger partial charge is 0.257 e. The van der Waals surface area contributed by atoms with E-state index in [0.717, 1.165) is 14.7 Å². The lowest BCUT2D eigenvalue weighted by Crippen LogP contribution is -2.11. The van der Waals surface area contributed by atoms with E-state index in [9.17, 15) is 9.59 Å². The first-order chi connectivity index (χ1) is 11.0. The predicted molar refractivity (Wildman–Crippen MR) is 96.0 cm³/mol. The Morgan fingerprint density at radius 3 is 2.70 bits per heavy atom. The van der Waals surface area contributed by atoms with Crippen molar-refractivity contribution in [1.82, 2.24) is 4.98 Å². The maximum atomic E-state index is 12.2. The summed E-state index contributed by atoms with van der Waals surface area (Å²) in [7, 11) is 0. The molecule has 1 heterocycles. The van der Waals surface area contributed by atoms with Crippen LogP contribution in [0.4, 0.5) is 10.8 Å². The highest BCUT2D eigenvalue weighted by Gasteiger charge is 2.10. The van der Waals surface area contributed by atoms with Gasteiger partial charge in [0.2, 0.25) is 5.91 Å². The van der Waals surface area contributed by atoms with Crippen LogP contribution in [0, 0.1) is 0 Å². The molecule has 0 saturated carbocycles. The molecular weight excluding hydrogens is 378 g/mol. The van der Waals surface area contributed by atoms with Gasteiger partial charge in [0.05, 0.1) is 10.2 Å². The standard InChI is InChI=1S/C16H12BrN3O2S/c1-9(21)18-12-5-6-13-14(8-12)23-16(19-13)20-15(22)10-3-2-4-11(17)7-10/h2-8H,1H3,(H,18,21)(H,19,20,22). The van der Waals surface area contributed by atoms with E-state index in [4.69, 9.17) is 0 Å². The number of aromatic nitrogens is 1. The average Bonchev–Trinajstić information content (AvgIpc) is 2.88. The second-order valence-electron chi connectivity index (χ2n) is 4.85. The van der Waals surface area contributed by atoms with Crippen LogP contribution in [-0.4, -0.2) is 16.8 Å². The number of nitrogens with zero attached hydrogens (tertiary/aromatic N) is 1. The summed E-state index contributed by atoms with van der Waals surface area (Å²) in [6.45, 7) is 1.46. The van der Waals surface area contributed by atoms with Crippen molar-refractivity contribution in [3.05, 3.63) is 52.5 Å². The Labute approximate surface area is 144 Å². The molecule has 7 heteroatoms. The number of anilines is 2. The number of halogens is 1. The predicted octanol–water partition coefficient (Wildman–Crippen LogP) is 4.27. The summed E-state index contributed by atoms with van der Waals surface area (Å²) in [5.74, 6) is -0.343. The van der Waals surface area contributed by atoms with Gasteiger partial charge in [0.15, 0.2) is 5.13 Å². The second kappa shape index (κ2) is 6.47. The number of hydrogen-bond donors (Lipinski definition) is 2. The van der Waals surface area contributed by atoms with Crippen molar-refractivity contribution in [2.75, 3.05) is 10.6 Å². The SMILES string of the molecule is CC(=O)Nc1ccc2nc(NC(=O)c3cccc(Br)c3)sc2c1. The number of rotatable bonds is 3. The third-order valence-corrected chi connectivity index (χ3v) is 4.44. The van der Waals surface area contributed by atoms with Gasteiger partial charge in [-0.1, -0.05) is 33.3 Å².